The number of nitrogens with zero attached hydrogens (tertiary/aromatic N) is 1. The molecular formula is C26H39N3O6S. The lowest BCUT2D eigenvalue weighted by atomic mass is 9.91. The van der Waals surface area contributed by atoms with Crippen molar-refractivity contribution < 1.29 is 28.7 Å². The van der Waals surface area contributed by atoms with Gasteiger partial charge in [-0.05, 0) is 58.2 Å². The van der Waals surface area contributed by atoms with Crippen molar-refractivity contribution in [1.82, 2.24) is 15.5 Å². The van der Waals surface area contributed by atoms with Crippen molar-refractivity contribution in [3.05, 3.63) is 42.0 Å². The largest absolute Gasteiger partial charge is 0.468 e. The minimum atomic E-state index is -1.13. The van der Waals surface area contributed by atoms with Gasteiger partial charge in [-0.1, -0.05) is 37.8 Å². The van der Waals surface area contributed by atoms with E-state index in [0.717, 1.165) is 5.56 Å². The highest BCUT2D eigenvalue weighted by Crippen LogP contribution is 2.32. The highest BCUT2D eigenvalue weighted by molar-refractivity contribution is 7.80. The quantitative estimate of drug-likeness (QED) is 0.303. The van der Waals surface area contributed by atoms with Gasteiger partial charge < -0.3 is 25.0 Å². The maximum Gasteiger partial charge on any atom is 0.408 e. The molecule has 0 aliphatic heterocycles. The van der Waals surface area contributed by atoms with E-state index < -0.39 is 47.1 Å². The van der Waals surface area contributed by atoms with Crippen LogP contribution in [0.1, 0.15) is 65.1 Å². The third kappa shape index (κ3) is 8.89. The van der Waals surface area contributed by atoms with Crippen molar-refractivity contribution in [3.8, 4) is 0 Å². The number of hydrogen-bond donors (Lipinski definition) is 3. The molecule has 0 aromatic heterocycles. The number of amides is 3. The lowest BCUT2D eigenvalue weighted by Gasteiger charge is -2.44. The minimum Gasteiger partial charge on any atom is -0.468 e. The van der Waals surface area contributed by atoms with Gasteiger partial charge in [-0.2, -0.15) is 12.6 Å². The average Bonchev–Trinajstić information content (AvgIpc) is 2.82. The number of carbonyl (C=O) groups excluding carboxylic acids is 4. The number of thiol groups is 1. The van der Waals surface area contributed by atoms with E-state index >= 15 is 0 Å². The number of alkyl carbamates (subject to hydrolysis) is 1. The number of carbonyl (C=O) groups is 4. The molecule has 0 bridgehead atoms. The molecule has 0 spiro atoms. The molecule has 3 amide bonds. The molecule has 0 aliphatic rings. The van der Waals surface area contributed by atoms with E-state index in [-0.39, 0.29) is 12.3 Å². The van der Waals surface area contributed by atoms with Gasteiger partial charge in [0.15, 0.2) is 0 Å². The van der Waals surface area contributed by atoms with Crippen molar-refractivity contribution in [2.24, 2.45) is 0 Å². The molecule has 2 N–H and O–H groups in total. The van der Waals surface area contributed by atoms with Crippen LogP contribution >= 0.6 is 12.6 Å². The van der Waals surface area contributed by atoms with Crippen molar-refractivity contribution >= 4 is 42.6 Å². The minimum absolute atomic E-state index is 0.0302. The van der Waals surface area contributed by atoms with Crippen LogP contribution in [0, 0.1) is 0 Å². The van der Waals surface area contributed by atoms with Gasteiger partial charge >= 0.3 is 12.1 Å². The summed E-state index contributed by atoms with van der Waals surface area (Å²) in [5.74, 6) is -1.76. The lowest BCUT2D eigenvalue weighted by molar-refractivity contribution is -0.149. The van der Waals surface area contributed by atoms with Crippen LogP contribution in [0.4, 0.5) is 4.79 Å². The molecule has 2 unspecified atom stereocenters. The van der Waals surface area contributed by atoms with Crippen molar-refractivity contribution in [2.45, 2.75) is 71.2 Å². The van der Waals surface area contributed by atoms with E-state index in [0.29, 0.717) is 12.0 Å². The number of benzene rings is 1. The number of esters is 1. The van der Waals surface area contributed by atoms with Crippen LogP contribution in [-0.4, -0.2) is 65.4 Å². The second kappa shape index (κ2) is 13.3. The number of nitrogens with one attached hydrogen (secondary N) is 2. The summed E-state index contributed by atoms with van der Waals surface area (Å²) in [5, 5.41) is 5.14. The van der Waals surface area contributed by atoms with E-state index in [1.54, 1.807) is 45.0 Å². The van der Waals surface area contributed by atoms with Crippen molar-refractivity contribution in [3.63, 3.8) is 0 Å². The van der Waals surface area contributed by atoms with Gasteiger partial charge in [0.2, 0.25) is 11.8 Å². The zero-order valence-corrected chi connectivity index (χ0v) is 23.1. The second-order valence-electron chi connectivity index (χ2n) is 9.83. The first-order chi connectivity index (χ1) is 16.7. The Labute approximate surface area is 219 Å². The summed E-state index contributed by atoms with van der Waals surface area (Å²) in [7, 11) is 1.22. The summed E-state index contributed by atoms with van der Waals surface area (Å²) in [6.07, 6.45) is 1.35. The molecule has 0 fully saturated rings. The molecule has 1 aromatic rings. The molecular weight excluding hydrogens is 482 g/mol. The van der Waals surface area contributed by atoms with E-state index in [1.807, 2.05) is 26.8 Å². The predicted molar refractivity (Wildman–Crippen MR) is 143 cm³/mol. The highest BCUT2D eigenvalue weighted by atomic mass is 32.1. The van der Waals surface area contributed by atoms with Crippen LogP contribution in [-0.2, 0) is 23.9 Å². The van der Waals surface area contributed by atoms with Gasteiger partial charge in [-0.25, -0.2) is 4.79 Å². The third-order valence-corrected chi connectivity index (χ3v) is 5.89. The molecule has 9 nitrogen and oxygen atoms in total. The second-order valence-corrected chi connectivity index (χ2v) is 10.2. The first-order valence-electron chi connectivity index (χ1n) is 11.7. The average molecular weight is 522 g/mol. The number of ether oxygens (including phenoxy) is 2. The first kappa shape index (κ1) is 31.0. The van der Waals surface area contributed by atoms with Gasteiger partial charge in [0.1, 0.15) is 24.2 Å². The fourth-order valence-corrected chi connectivity index (χ4v) is 3.60. The molecule has 0 aliphatic carbocycles. The molecule has 1 rings (SSSR count). The van der Waals surface area contributed by atoms with Crippen LogP contribution in [0.3, 0.4) is 0 Å². The molecule has 36 heavy (non-hydrogen) atoms. The number of rotatable bonds is 11. The van der Waals surface area contributed by atoms with E-state index in [1.165, 1.54) is 12.0 Å². The summed E-state index contributed by atoms with van der Waals surface area (Å²) < 4.78 is 9.95. The summed E-state index contributed by atoms with van der Waals surface area (Å²) in [5.41, 5.74) is -0.332. The van der Waals surface area contributed by atoms with Gasteiger partial charge in [-0.15, -0.1) is 0 Å². The number of methoxy groups -OCH3 is 1. The van der Waals surface area contributed by atoms with Crippen LogP contribution in [0.25, 0.3) is 6.08 Å². The van der Waals surface area contributed by atoms with E-state index in [9.17, 15) is 19.2 Å². The van der Waals surface area contributed by atoms with Crippen molar-refractivity contribution in [2.75, 3.05) is 19.4 Å². The first-order valence-corrected chi connectivity index (χ1v) is 12.3. The molecule has 1 aromatic carbocycles. The fraction of sp³-hybridized carbons (Fsp3) is 0.538. The smallest absolute Gasteiger partial charge is 0.408 e. The molecule has 10 heteroatoms. The molecule has 0 saturated carbocycles. The van der Waals surface area contributed by atoms with Crippen LogP contribution in [0.15, 0.2) is 30.8 Å². The maximum atomic E-state index is 14.0. The Balaban J connectivity index is 3.58. The Hall–Kier alpha value is -3.01. The summed E-state index contributed by atoms with van der Waals surface area (Å²) in [6.45, 7) is 14.1. The summed E-state index contributed by atoms with van der Waals surface area (Å²) in [6, 6.07) is 4.84. The van der Waals surface area contributed by atoms with Crippen LogP contribution in [0.5, 0.6) is 0 Å². The maximum absolute atomic E-state index is 14.0. The standard InChI is InChI=1S/C26H39N3O6S/c1-9-17-12-11-13-18(14-17)21(22(31)27-15-20(30)34-8)29(26(6,7)10-2)23(32)19(16-36)28-24(33)35-25(3,4)5/h9,11-14,19,21,36H,1,10,15-16H2,2-8H3,(H,27,31)(H,28,33). The molecule has 0 saturated heterocycles. The monoisotopic (exact) mass is 521 g/mol. The topological polar surface area (TPSA) is 114 Å². The molecule has 200 valence electrons. The van der Waals surface area contributed by atoms with Gasteiger partial charge in [-0.3, -0.25) is 14.4 Å². The zero-order valence-electron chi connectivity index (χ0n) is 22.2. The molecule has 0 heterocycles. The molecule has 2 atom stereocenters. The van der Waals surface area contributed by atoms with Crippen molar-refractivity contribution in [1.29, 1.82) is 0 Å². The highest BCUT2D eigenvalue weighted by Gasteiger charge is 2.43. The summed E-state index contributed by atoms with van der Waals surface area (Å²) in [4.78, 5) is 53.1. The fourth-order valence-electron chi connectivity index (χ4n) is 3.35. The summed E-state index contributed by atoms with van der Waals surface area (Å²) >= 11 is 4.29. The Morgan fingerprint density at radius 1 is 1.17 bits per heavy atom. The SMILES string of the molecule is C=Cc1cccc(C(C(=O)NCC(=O)OC)N(C(=O)C(CS)NC(=O)OC(C)(C)C)C(C)(C)CC)c1. The predicted octanol–water partition coefficient (Wildman–Crippen LogP) is 3.50. The zero-order chi connectivity index (χ0) is 27.7. The van der Waals surface area contributed by atoms with Gasteiger partial charge in [0.25, 0.3) is 0 Å². The Bertz CT molecular complexity index is 957. The van der Waals surface area contributed by atoms with E-state index in [2.05, 4.69) is 34.6 Å². The van der Waals surface area contributed by atoms with Crippen LogP contribution < -0.4 is 10.6 Å². The number of hydrogen-bond acceptors (Lipinski definition) is 7. The van der Waals surface area contributed by atoms with E-state index in [4.69, 9.17) is 4.74 Å². The van der Waals surface area contributed by atoms with Crippen LogP contribution in [0.2, 0.25) is 0 Å². The lowest BCUT2D eigenvalue weighted by Crippen LogP contribution is -2.60. The van der Waals surface area contributed by atoms with Gasteiger partial charge in [0, 0.05) is 11.3 Å². The third-order valence-electron chi connectivity index (χ3n) is 5.53. The normalized spacial score (nSPS) is 13.1. The molecule has 0 radical (unpaired) electrons. The Morgan fingerprint density at radius 3 is 2.31 bits per heavy atom. The Kier molecular flexibility index (Phi) is 11.5. The van der Waals surface area contributed by atoms with Gasteiger partial charge in [0.05, 0.1) is 7.11 Å². The Morgan fingerprint density at radius 2 is 1.81 bits per heavy atom.